The van der Waals surface area contributed by atoms with Gasteiger partial charge in [0.2, 0.25) is 5.89 Å². The van der Waals surface area contributed by atoms with Crippen molar-refractivity contribution in [2.75, 3.05) is 9.80 Å². The largest absolute Gasteiger partial charge is 0.456 e. The molecular weight excluding hydrogens is 907 g/mol. The normalized spacial score (nSPS) is 11.8. The number of para-hydroxylation sites is 7. The Bertz CT molecular complexity index is 4310. The Hall–Kier alpha value is -10.1. The van der Waals surface area contributed by atoms with Gasteiger partial charge in [0.15, 0.2) is 5.58 Å². The number of nitrogens with zero attached hydrogens (tertiary/aromatic N) is 5. The van der Waals surface area contributed by atoms with E-state index in [0.717, 1.165) is 122 Å². The van der Waals surface area contributed by atoms with E-state index in [4.69, 9.17) is 13.8 Å². The number of fused-ring (bicyclic) bond motifs is 10. The second-order valence-corrected chi connectivity index (χ2v) is 18.8. The molecule has 0 saturated carbocycles. The summed E-state index contributed by atoms with van der Waals surface area (Å²) in [4.78, 5) is 9.90. The maximum absolute atomic E-state index is 6.89. The van der Waals surface area contributed by atoms with Crippen molar-refractivity contribution < 1.29 is 8.83 Å². The molecular formula is C67H43N5O2. The maximum atomic E-state index is 6.89. The Labute approximate surface area is 425 Å². The van der Waals surface area contributed by atoms with Crippen molar-refractivity contribution in [3.05, 3.63) is 261 Å². The predicted octanol–water partition coefficient (Wildman–Crippen LogP) is 18.5. The molecule has 0 amide bonds. The maximum Gasteiger partial charge on any atom is 0.227 e. The number of hydrogen-bond donors (Lipinski definition) is 0. The van der Waals surface area contributed by atoms with Crippen LogP contribution in [-0.4, -0.2) is 14.1 Å². The summed E-state index contributed by atoms with van der Waals surface area (Å²) in [6, 6.07) is 92.4. The molecule has 7 nitrogen and oxygen atoms in total. The molecule has 0 aliphatic carbocycles. The Kier molecular flexibility index (Phi) is 9.43. The van der Waals surface area contributed by atoms with Gasteiger partial charge in [-0.1, -0.05) is 140 Å². The van der Waals surface area contributed by atoms with Gasteiger partial charge in [-0.2, -0.15) is 0 Å². The molecule has 0 fully saturated rings. The molecule has 0 aliphatic rings. The Morgan fingerprint density at radius 1 is 0.284 bits per heavy atom. The average molecular weight is 950 g/mol. The summed E-state index contributed by atoms with van der Waals surface area (Å²) in [5, 5.41) is 6.65. The molecule has 0 N–H and O–H groups in total. The zero-order valence-corrected chi connectivity index (χ0v) is 39.9. The molecule has 15 rings (SSSR count). The van der Waals surface area contributed by atoms with Gasteiger partial charge in [-0.15, -0.1) is 0 Å². The molecule has 348 valence electrons. The fraction of sp³-hybridized carbons (Fsp3) is 0. The summed E-state index contributed by atoms with van der Waals surface area (Å²) < 4.78 is 18.0. The Balaban J connectivity index is 1.00. The summed E-state index contributed by atoms with van der Waals surface area (Å²) in [6.07, 6.45) is 0. The molecule has 15 aromatic rings. The van der Waals surface area contributed by atoms with Crippen molar-refractivity contribution >= 4 is 111 Å². The van der Waals surface area contributed by atoms with Crippen LogP contribution >= 0.6 is 0 Å². The molecule has 11 aromatic carbocycles. The summed E-state index contributed by atoms with van der Waals surface area (Å²) in [6.45, 7) is 0. The second kappa shape index (κ2) is 16.8. The molecule has 7 heteroatoms. The first-order chi connectivity index (χ1) is 36.7. The number of rotatable bonds is 9. The highest BCUT2D eigenvalue weighted by Gasteiger charge is 2.23. The molecule has 0 spiro atoms. The van der Waals surface area contributed by atoms with Crippen molar-refractivity contribution in [2.24, 2.45) is 0 Å². The highest BCUT2D eigenvalue weighted by atomic mass is 16.4. The molecule has 4 aromatic heterocycles. The van der Waals surface area contributed by atoms with Crippen LogP contribution in [-0.2, 0) is 0 Å². The quantitative estimate of drug-likeness (QED) is 0.144. The standard InChI is InChI=1S/C67H43N5O2/c1-5-19-45(20-6-1)69(46-21-7-2-8-22-46)49-33-35-55-53-27-13-16-30-60(53)71(62(55)40-49)51-37-44(67-68-59-43-65-58(42-66(59)74-67)57-29-15-18-32-64(57)73-65)38-52(39-51)72-61-31-17-14-28-54(61)56-36-34-50(41-63(56)72)70(47-23-9-3-10-24-47)48-25-11-4-12-26-48/h1-43H. The zero-order chi connectivity index (χ0) is 48.7. The van der Waals surface area contributed by atoms with Crippen LogP contribution in [0.1, 0.15) is 0 Å². The minimum Gasteiger partial charge on any atom is -0.456 e. The summed E-state index contributed by atoms with van der Waals surface area (Å²) >= 11 is 0. The second-order valence-electron chi connectivity index (χ2n) is 18.8. The molecule has 4 heterocycles. The lowest BCUT2D eigenvalue weighted by Crippen LogP contribution is -2.10. The Morgan fingerprint density at radius 3 is 1.22 bits per heavy atom. The first-order valence-corrected chi connectivity index (χ1v) is 24.9. The van der Waals surface area contributed by atoms with Gasteiger partial charge in [0.25, 0.3) is 0 Å². The number of hydrogen-bond acceptors (Lipinski definition) is 5. The van der Waals surface area contributed by atoms with E-state index in [-0.39, 0.29) is 0 Å². The van der Waals surface area contributed by atoms with Crippen LogP contribution in [0.4, 0.5) is 34.1 Å². The van der Waals surface area contributed by atoms with E-state index in [1.807, 2.05) is 24.3 Å². The van der Waals surface area contributed by atoms with Crippen molar-refractivity contribution in [3.8, 4) is 22.8 Å². The topological polar surface area (TPSA) is 55.5 Å². The first-order valence-electron chi connectivity index (χ1n) is 24.9. The third-order valence-corrected chi connectivity index (χ3v) is 14.4. The van der Waals surface area contributed by atoms with Crippen LogP contribution in [0.2, 0.25) is 0 Å². The molecule has 0 atom stereocenters. The van der Waals surface area contributed by atoms with Gasteiger partial charge in [0.05, 0.1) is 22.1 Å². The number of furan rings is 1. The van der Waals surface area contributed by atoms with E-state index in [1.54, 1.807) is 0 Å². The van der Waals surface area contributed by atoms with Crippen LogP contribution in [0.15, 0.2) is 270 Å². The lowest BCUT2D eigenvalue weighted by atomic mass is 10.1. The number of oxazole rings is 1. The molecule has 0 unspecified atom stereocenters. The van der Waals surface area contributed by atoms with Gasteiger partial charge in [-0.05, 0) is 115 Å². The van der Waals surface area contributed by atoms with Crippen LogP contribution in [0.5, 0.6) is 0 Å². The van der Waals surface area contributed by atoms with E-state index in [9.17, 15) is 0 Å². The van der Waals surface area contributed by atoms with E-state index >= 15 is 0 Å². The van der Waals surface area contributed by atoms with Crippen LogP contribution in [0.3, 0.4) is 0 Å². The van der Waals surface area contributed by atoms with Gasteiger partial charge in [0.1, 0.15) is 16.7 Å². The molecule has 0 radical (unpaired) electrons. The molecule has 0 aliphatic heterocycles. The highest BCUT2D eigenvalue weighted by molar-refractivity contribution is 6.13. The smallest absolute Gasteiger partial charge is 0.227 e. The average Bonchev–Trinajstić information content (AvgIpc) is 4.22. The zero-order valence-electron chi connectivity index (χ0n) is 39.9. The van der Waals surface area contributed by atoms with Crippen molar-refractivity contribution in [3.63, 3.8) is 0 Å². The van der Waals surface area contributed by atoms with Crippen molar-refractivity contribution in [1.29, 1.82) is 0 Å². The van der Waals surface area contributed by atoms with E-state index in [0.29, 0.717) is 11.5 Å². The first kappa shape index (κ1) is 41.7. The van der Waals surface area contributed by atoms with Gasteiger partial charge >= 0.3 is 0 Å². The van der Waals surface area contributed by atoms with Gasteiger partial charge in [-0.25, -0.2) is 4.98 Å². The van der Waals surface area contributed by atoms with Crippen LogP contribution in [0, 0.1) is 0 Å². The summed E-state index contributed by atoms with van der Waals surface area (Å²) in [7, 11) is 0. The number of benzene rings is 11. The van der Waals surface area contributed by atoms with Gasteiger partial charge in [0, 0.05) is 89.4 Å². The molecule has 0 saturated heterocycles. The third kappa shape index (κ3) is 6.71. The van der Waals surface area contributed by atoms with E-state index in [2.05, 4.69) is 256 Å². The Morgan fingerprint density at radius 2 is 0.716 bits per heavy atom. The summed E-state index contributed by atoms with van der Waals surface area (Å²) in [5.41, 5.74) is 16.5. The SMILES string of the molecule is c1ccc(N(c2ccccc2)c2ccc3c4ccccc4n(-c4cc(-c5nc6cc7oc8ccccc8c7cc6o5)cc(-n5c6ccccc6c6ccc(N(c7ccccc7)c7ccccc7)cc65)c4)c3c2)cc1. The van der Waals surface area contributed by atoms with Crippen molar-refractivity contribution in [2.45, 2.75) is 0 Å². The minimum atomic E-state index is 0.515. The van der Waals surface area contributed by atoms with Gasteiger partial charge in [-0.3, -0.25) is 0 Å². The monoisotopic (exact) mass is 949 g/mol. The van der Waals surface area contributed by atoms with E-state index in [1.165, 1.54) is 0 Å². The van der Waals surface area contributed by atoms with Crippen molar-refractivity contribution in [1.82, 2.24) is 14.1 Å². The third-order valence-electron chi connectivity index (χ3n) is 14.4. The van der Waals surface area contributed by atoms with Crippen LogP contribution in [0.25, 0.3) is 99.5 Å². The fourth-order valence-corrected chi connectivity index (χ4v) is 11.2. The predicted molar refractivity (Wildman–Crippen MR) is 305 cm³/mol. The molecule has 0 bridgehead atoms. The lowest BCUT2D eigenvalue weighted by Gasteiger charge is -2.26. The fourth-order valence-electron chi connectivity index (χ4n) is 11.2. The van der Waals surface area contributed by atoms with E-state index < -0.39 is 0 Å². The lowest BCUT2D eigenvalue weighted by molar-refractivity contribution is 0.620. The number of aromatic nitrogens is 3. The van der Waals surface area contributed by atoms with Crippen LogP contribution < -0.4 is 9.80 Å². The van der Waals surface area contributed by atoms with Gasteiger partial charge < -0.3 is 27.8 Å². The summed E-state index contributed by atoms with van der Waals surface area (Å²) in [5.74, 6) is 0.515. The minimum absolute atomic E-state index is 0.515. The highest BCUT2D eigenvalue weighted by Crippen LogP contribution is 2.44. The molecule has 74 heavy (non-hydrogen) atoms. The number of anilines is 6.